The molecule has 34 heavy (non-hydrogen) atoms. The second kappa shape index (κ2) is 10.2. The Hall–Kier alpha value is -3.54. The molecule has 1 aliphatic rings. The zero-order valence-corrected chi connectivity index (χ0v) is 20.1. The molecule has 0 spiro atoms. The number of unbranched alkanes of at least 4 members (excludes halogenated alkanes) is 2. The molecule has 3 aromatic rings. The molecule has 178 valence electrons. The van der Waals surface area contributed by atoms with Crippen LogP contribution in [-0.2, 0) is 16.6 Å². The number of hydrogen-bond acceptors (Lipinski definition) is 4. The van der Waals surface area contributed by atoms with E-state index in [0.29, 0.717) is 30.9 Å². The van der Waals surface area contributed by atoms with Gasteiger partial charge in [-0.05, 0) is 43.2 Å². The molecule has 1 aromatic heterocycles. The molecule has 1 atom stereocenters. The van der Waals surface area contributed by atoms with Crippen molar-refractivity contribution in [2.24, 2.45) is 7.05 Å². The van der Waals surface area contributed by atoms with Gasteiger partial charge in [-0.1, -0.05) is 44.9 Å². The summed E-state index contributed by atoms with van der Waals surface area (Å²) in [4.78, 5) is 27.7. The minimum absolute atomic E-state index is 0.131. The third kappa shape index (κ3) is 4.32. The van der Waals surface area contributed by atoms with Gasteiger partial charge in [0.1, 0.15) is 11.5 Å². The Kier molecular flexibility index (Phi) is 7.06. The molecule has 0 radical (unpaired) electrons. The standard InChI is InChI=1S/C28H32N2O4/c1-4-6-9-17-34-20-14-12-19(13-15-20)26(31)24-25(30(16-5-2)28(33)27(24)32)22-18-29(3)23-11-8-7-10-21(22)23/h7-8,10-15,18,25,31H,4-6,9,16-17H2,1-3H3/b26-24+. The van der Waals surface area contributed by atoms with Gasteiger partial charge in [0, 0.05) is 41.8 Å². The van der Waals surface area contributed by atoms with E-state index in [2.05, 4.69) is 6.92 Å². The Morgan fingerprint density at radius 3 is 2.44 bits per heavy atom. The Morgan fingerprint density at radius 2 is 1.74 bits per heavy atom. The number of aliphatic hydroxyl groups excluding tert-OH is 1. The number of fused-ring (bicyclic) bond motifs is 1. The molecule has 1 fully saturated rings. The Bertz CT molecular complexity index is 1220. The Morgan fingerprint density at radius 1 is 1.00 bits per heavy atom. The van der Waals surface area contributed by atoms with Gasteiger partial charge in [0.15, 0.2) is 0 Å². The molecule has 0 aliphatic carbocycles. The first kappa shape index (κ1) is 23.6. The summed E-state index contributed by atoms with van der Waals surface area (Å²) < 4.78 is 7.75. The van der Waals surface area contributed by atoms with Crippen LogP contribution in [-0.4, -0.2) is 39.4 Å². The van der Waals surface area contributed by atoms with Crippen molar-refractivity contribution in [3.63, 3.8) is 0 Å². The summed E-state index contributed by atoms with van der Waals surface area (Å²) in [5.74, 6) is -0.668. The van der Waals surface area contributed by atoms with E-state index < -0.39 is 17.7 Å². The molecular formula is C28H32N2O4. The van der Waals surface area contributed by atoms with Gasteiger partial charge in [-0.25, -0.2) is 0 Å². The van der Waals surface area contributed by atoms with E-state index in [-0.39, 0.29) is 11.3 Å². The van der Waals surface area contributed by atoms with E-state index in [0.717, 1.165) is 35.7 Å². The van der Waals surface area contributed by atoms with Crippen molar-refractivity contribution in [2.45, 2.75) is 45.6 Å². The average molecular weight is 461 g/mol. The monoisotopic (exact) mass is 460 g/mol. The number of carbonyl (C=O) groups is 2. The lowest BCUT2D eigenvalue weighted by atomic mass is 9.95. The molecule has 0 saturated carbocycles. The van der Waals surface area contributed by atoms with Gasteiger partial charge in [0.05, 0.1) is 18.2 Å². The summed E-state index contributed by atoms with van der Waals surface area (Å²) in [6, 6.07) is 14.3. The third-order valence-electron chi connectivity index (χ3n) is 6.37. The van der Waals surface area contributed by atoms with Gasteiger partial charge in [-0.3, -0.25) is 9.59 Å². The van der Waals surface area contributed by atoms with Crippen LogP contribution in [0.2, 0.25) is 0 Å². The lowest BCUT2D eigenvalue weighted by Gasteiger charge is -2.24. The zero-order chi connectivity index (χ0) is 24.2. The second-order valence-corrected chi connectivity index (χ2v) is 8.78. The van der Waals surface area contributed by atoms with Gasteiger partial charge in [-0.2, -0.15) is 0 Å². The summed E-state index contributed by atoms with van der Waals surface area (Å²) in [6.07, 6.45) is 5.89. The first-order valence-electron chi connectivity index (χ1n) is 12.0. The lowest BCUT2D eigenvalue weighted by Crippen LogP contribution is -2.30. The smallest absolute Gasteiger partial charge is 0.295 e. The maximum Gasteiger partial charge on any atom is 0.295 e. The van der Waals surface area contributed by atoms with Gasteiger partial charge < -0.3 is 19.3 Å². The molecule has 6 heteroatoms. The summed E-state index contributed by atoms with van der Waals surface area (Å²) in [6.45, 7) is 5.19. The van der Waals surface area contributed by atoms with Crippen molar-refractivity contribution in [1.82, 2.24) is 9.47 Å². The van der Waals surface area contributed by atoms with E-state index >= 15 is 0 Å². The highest BCUT2D eigenvalue weighted by Crippen LogP contribution is 2.42. The van der Waals surface area contributed by atoms with E-state index in [1.807, 2.05) is 49.0 Å². The fourth-order valence-electron chi connectivity index (χ4n) is 4.67. The van der Waals surface area contributed by atoms with Crippen molar-refractivity contribution in [1.29, 1.82) is 0 Å². The third-order valence-corrected chi connectivity index (χ3v) is 6.37. The number of aryl methyl sites for hydroxylation is 1. The highest BCUT2D eigenvalue weighted by molar-refractivity contribution is 6.46. The molecule has 1 saturated heterocycles. The van der Waals surface area contributed by atoms with Crippen LogP contribution < -0.4 is 4.74 Å². The van der Waals surface area contributed by atoms with Crippen LogP contribution in [0.3, 0.4) is 0 Å². The number of ether oxygens (including phenoxy) is 1. The normalized spacial score (nSPS) is 17.6. The zero-order valence-electron chi connectivity index (χ0n) is 20.1. The van der Waals surface area contributed by atoms with Crippen LogP contribution in [0.25, 0.3) is 16.7 Å². The molecule has 1 unspecified atom stereocenters. The van der Waals surface area contributed by atoms with E-state index in [9.17, 15) is 14.7 Å². The number of benzene rings is 2. The summed E-state index contributed by atoms with van der Waals surface area (Å²) in [7, 11) is 1.94. The van der Waals surface area contributed by atoms with Crippen LogP contribution in [0.1, 0.15) is 56.7 Å². The van der Waals surface area contributed by atoms with Crippen molar-refractivity contribution >= 4 is 28.4 Å². The van der Waals surface area contributed by atoms with Crippen molar-refractivity contribution in [2.75, 3.05) is 13.2 Å². The number of rotatable bonds is 9. The quantitative estimate of drug-likeness (QED) is 0.196. The van der Waals surface area contributed by atoms with Crippen LogP contribution in [0, 0.1) is 0 Å². The molecule has 1 N–H and O–H groups in total. The minimum atomic E-state index is -0.649. The number of para-hydroxylation sites is 1. The van der Waals surface area contributed by atoms with Gasteiger partial charge in [0.25, 0.3) is 11.7 Å². The predicted molar refractivity (Wildman–Crippen MR) is 134 cm³/mol. The fourth-order valence-corrected chi connectivity index (χ4v) is 4.67. The minimum Gasteiger partial charge on any atom is -0.507 e. The van der Waals surface area contributed by atoms with E-state index in [4.69, 9.17) is 4.74 Å². The summed E-state index contributed by atoms with van der Waals surface area (Å²) in [5.41, 5.74) is 2.46. The van der Waals surface area contributed by atoms with E-state index in [1.54, 1.807) is 29.2 Å². The highest BCUT2D eigenvalue weighted by Gasteiger charge is 2.46. The first-order valence-corrected chi connectivity index (χ1v) is 12.0. The molecule has 2 heterocycles. The van der Waals surface area contributed by atoms with E-state index in [1.165, 1.54) is 0 Å². The number of Topliss-reactive ketones (excluding diaryl/α,β-unsaturated/α-hetero) is 1. The highest BCUT2D eigenvalue weighted by atomic mass is 16.5. The van der Waals surface area contributed by atoms with Gasteiger partial charge in [0.2, 0.25) is 0 Å². The topological polar surface area (TPSA) is 71.8 Å². The van der Waals surface area contributed by atoms with Crippen molar-refractivity contribution in [3.05, 3.63) is 71.4 Å². The lowest BCUT2D eigenvalue weighted by molar-refractivity contribution is -0.139. The van der Waals surface area contributed by atoms with Crippen molar-refractivity contribution < 1.29 is 19.4 Å². The maximum atomic E-state index is 13.2. The number of nitrogens with zero attached hydrogens (tertiary/aromatic N) is 2. The molecule has 2 aromatic carbocycles. The number of likely N-dealkylation sites (tertiary alicyclic amines) is 1. The largest absolute Gasteiger partial charge is 0.507 e. The SMILES string of the molecule is CCCCCOc1ccc(/C(O)=C2\C(=O)C(=O)N(CCC)C2c2cn(C)c3ccccc23)cc1. The van der Waals surface area contributed by atoms with Crippen LogP contribution >= 0.6 is 0 Å². The number of aromatic nitrogens is 1. The predicted octanol–water partition coefficient (Wildman–Crippen LogP) is 5.58. The van der Waals surface area contributed by atoms with Gasteiger partial charge >= 0.3 is 0 Å². The molecule has 4 rings (SSSR count). The molecule has 6 nitrogen and oxygen atoms in total. The average Bonchev–Trinajstić information content (AvgIpc) is 3.31. The number of amides is 1. The van der Waals surface area contributed by atoms with Crippen LogP contribution in [0.15, 0.2) is 60.3 Å². The van der Waals surface area contributed by atoms with Crippen LogP contribution in [0.4, 0.5) is 0 Å². The van der Waals surface area contributed by atoms with Crippen molar-refractivity contribution in [3.8, 4) is 5.75 Å². The Labute approximate surface area is 200 Å². The number of hydrogen-bond donors (Lipinski definition) is 1. The first-order chi connectivity index (χ1) is 16.5. The molecule has 0 bridgehead atoms. The molecule has 1 aliphatic heterocycles. The number of carbonyl (C=O) groups excluding carboxylic acids is 2. The maximum absolute atomic E-state index is 13.2. The summed E-state index contributed by atoms with van der Waals surface area (Å²) in [5, 5.41) is 12.2. The van der Waals surface area contributed by atoms with Crippen LogP contribution in [0.5, 0.6) is 5.75 Å². The number of aliphatic hydroxyl groups is 1. The molecule has 1 amide bonds. The summed E-state index contributed by atoms with van der Waals surface area (Å²) >= 11 is 0. The Balaban J connectivity index is 1.76. The second-order valence-electron chi connectivity index (χ2n) is 8.78. The number of ketones is 1. The fraction of sp³-hybridized carbons (Fsp3) is 0.357. The molecular weight excluding hydrogens is 428 g/mol. The van der Waals surface area contributed by atoms with Gasteiger partial charge in [-0.15, -0.1) is 0 Å².